The van der Waals surface area contributed by atoms with Crippen molar-refractivity contribution in [2.45, 2.75) is 58.0 Å². The number of amides is 1. The van der Waals surface area contributed by atoms with Crippen LogP contribution in [0.2, 0.25) is 0 Å². The third kappa shape index (κ3) is 5.60. The maximum atomic E-state index is 12.6. The van der Waals surface area contributed by atoms with E-state index in [-0.39, 0.29) is 17.0 Å². The minimum Gasteiger partial charge on any atom is -0.346 e. The molecule has 7 nitrogen and oxygen atoms in total. The minimum atomic E-state index is -0.366. The fraction of sp³-hybridized carbons (Fsp3) is 0.458. The van der Waals surface area contributed by atoms with Crippen molar-refractivity contribution in [1.82, 2.24) is 20.7 Å². The zero-order valence-electron chi connectivity index (χ0n) is 18.5. The van der Waals surface area contributed by atoms with Gasteiger partial charge < -0.3 is 9.88 Å². The first kappa shape index (κ1) is 22.7. The monoisotopic (exact) mass is 421 g/mol. The van der Waals surface area contributed by atoms with Gasteiger partial charge in [0.05, 0.1) is 0 Å². The predicted octanol–water partition coefficient (Wildman–Crippen LogP) is 2.64. The lowest BCUT2D eigenvalue weighted by atomic mass is 9.98. The van der Waals surface area contributed by atoms with Crippen molar-refractivity contribution >= 4 is 5.91 Å². The van der Waals surface area contributed by atoms with Crippen molar-refractivity contribution in [2.75, 3.05) is 13.6 Å². The summed E-state index contributed by atoms with van der Waals surface area (Å²) in [5.74, 6) is 0.0724. The summed E-state index contributed by atoms with van der Waals surface area (Å²) in [6.45, 7) is 4.29. The minimum absolute atomic E-state index is 0.0724. The molecule has 1 amide bonds. The summed E-state index contributed by atoms with van der Waals surface area (Å²) in [4.78, 5) is 28.9. The molecular weight excluding hydrogens is 390 g/mol. The van der Waals surface area contributed by atoms with E-state index in [1.807, 2.05) is 26.1 Å². The first-order valence-electron chi connectivity index (χ1n) is 10.8. The van der Waals surface area contributed by atoms with Crippen molar-refractivity contribution in [3.8, 4) is 6.07 Å². The standard InChI is InChI=1S/C24H31N5O2/c1-16-20(17(2)26-24(31)21(16)15-25)11-12-23(30)29(3)13-7-10-19-14-22(28-27-19)18-8-5-4-6-9-18/h4-6,8-9,19,22,27-28H,7,10-14H2,1-3H3,(H,26,31). The second-order valence-corrected chi connectivity index (χ2v) is 8.31. The van der Waals surface area contributed by atoms with Crippen LogP contribution in [0.4, 0.5) is 0 Å². The SMILES string of the molecule is Cc1[nH]c(=O)c(C#N)c(C)c1CCC(=O)N(C)CCCC1CC(c2ccccc2)NN1. The molecule has 0 aliphatic carbocycles. The average molecular weight is 422 g/mol. The van der Waals surface area contributed by atoms with Crippen LogP contribution in [0.3, 0.4) is 0 Å². The Kier molecular flexibility index (Phi) is 7.61. The van der Waals surface area contributed by atoms with Crippen molar-refractivity contribution < 1.29 is 4.79 Å². The first-order chi connectivity index (χ1) is 14.9. The van der Waals surface area contributed by atoms with Crippen molar-refractivity contribution in [1.29, 1.82) is 5.26 Å². The third-order valence-corrected chi connectivity index (χ3v) is 6.16. The third-order valence-electron chi connectivity index (χ3n) is 6.16. The molecule has 2 atom stereocenters. The Labute approximate surface area is 183 Å². The lowest BCUT2D eigenvalue weighted by molar-refractivity contribution is -0.129. The number of nitrogens with one attached hydrogen (secondary N) is 3. The quantitative estimate of drug-likeness (QED) is 0.608. The molecule has 7 heteroatoms. The molecule has 1 aromatic heterocycles. The van der Waals surface area contributed by atoms with Gasteiger partial charge in [-0.05, 0) is 56.2 Å². The topological polar surface area (TPSA) is 101 Å². The summed E-state index contributed by atoms with van der Waals surface area (Å²) in [5.41, 5.74) is 10.1. The lowest BCUT2D eigenvalue weighted by Gasteiger charge is -2.19. The Hall–Kier alpha value is -2.95. The van der Waals surface area contributed by atoms with Gasteiger partial charge in [-0.2, -0.15) is 5.26 Å². The fourth-order valence-electron chi connectivity index (χ4n) is 4.26. The van der Waals surface area contributed by atoms with Crippen LogP contribution in [0.25, 0.3) is 0 Å². The Balaban J connectivity index is 1.44. The molecule has 1 fully saturated rings. The van der Waals surface area contributed by atoms with Crippen LogP contribution in [0, 0.1) is 25.2 Å². The van der Waals surface area contributed by atoms with Gasteiger partial charge in [-0.15, -0.1) is 0 Å². The van der Waals surface area contributed by atoms with Crippen LogP contribution >= 0.6 is 0 Å². The molecule has 1 aromatic carbocycles. The molecule has 3 rings (SSSR count). The number of carbonyl (C=O) groups excluding carboxylic acids is 1. The molecule has 2 heterocycles. The van der Waals surface area contributed by atoms with E-state index in [4.69, 9.17) is 0 Å². The van der Waals surface area contributed by atoms with Crippen molar-refractivity contribution in [3.05, 3.63) is 68.6 Å². The number of nitriles is 1. The number of aromatic nitrogens is 1. The van der Waals surface area contributed by atoms with Crippen LogP contribution in [0.1, 0.15) is 59.7 Å². The number of H-pyrrole nitrogens is 1. The summed E-state index contributed by atoms with van der Waals surface area (Å²) < 4.78 is 0. The summed E-state index contributed by atoms with van der Waals surface area (Å²) >= 11 is 0. The highest BCUT2D eigenvalue weighted by Crippen LogP contribution is 2.24. The summed E-state index contributed by atoms with van der Waals surface area (Å²) in [5, 5.41) is 9.19. The molecule has 0 radical (unpaired) electrons. The number of hydrazine groups is 1. The molecule has 1 saturated heterocycles. The number of aromatic amines is 1. The van der Waals surface area contributed by atoms with Gasteiger partial charge in [0.2, 0.25) is 5.91 Å². The van der Waals surface area contributed by atoms with Crippen LogP contribution in [-0.2, 0) is 11.2 Å². The van der Waals surface area contributed by atoms with Gasteiger partial charge in [0, 0.05) is 37.8 Å². The Bertz CT molecular complexity index is 1010. The second kappa shape index (κ2) is 10.4. The van der Waals surface area contributed by atoms with E-state index in [1.165, 1.54) is 5.56 Å². The number of nitrogens with zero attached hydrogens (tertiary/aromatic N) is 2. The Morgan fingerprint density at radius 2 is 1.97 bits per heavy atom. The van der Waals surface area contributed by atoms with Gasteiger partial charge in [-0.25, -0.2) is 0 Å². The van der Waals surface area contributed by atoms with Crippen LogP contribution in [-0.4, -0.2) is 35.4 Å². The van der Waals surface area contributed by atoms with E-state index in [0.29, 0.717) is 37.0 Å². The molecule has 1 aliphatic rings. The van der Waals surface area contributed by atoms with Gasteiger partial charge in [-0.3, -0.25) is 20.4 Å². The lowest BCUT2D eigenvalue weighted by Crippen LogP contribution is -2.32. The number of pyridine rings is 1. The molecule has 3 N–H and O–H groups in total. The van der Waals surface area contributed by atoms with Gasteiger partial charge >= 0.3 is 0 Å². The van der Waals surface area contributed by atoms with Gasteiger partial charge in [0.1, 0.15) is 11.6 Å². The Morgan fingerprint density at radius 3 is 2.68 bits per heavy atom. The number of aryl methyl sites for hydroxylation is 1. The van der Waals surface area contributed by atoms with Crippen molar-refractivity contribution in [2.24, 2.45) is 0 Å². The zero-order valence-corrected chi connectivity index (χ0v) is 18.5. The Morgan fingerprint density at radius 1 is 1.23 bits per heavy atom. The number of rotatable bonds is 8. The normalized spacial score (nSPS) is 18.0. The van der Waals surface area contributed by atoms with E-state index in [2.05, 4.69) is 40.1 Å². The van der Waals surface area contributed by atoms with Crippen LogP contribution in [0.15, 0.2) is 35.1 Å². The van der Waals surface area contributed by atoms with E-state index >= 15 is 0 Å². The maximum absolute atomic E-state index is 12.6. The van der Waals surface area contributed by atoms with Crippen molar-refractivity contribution in [3.63, 3.8) is 0 Å². The number of carbonyl (C=O) groups is 1. The molecule has 31 heavy (non-hydrogen) atoms. The smallest absolute Gasteiger partial charge is 0.266 e. The molecule has 2 unspecified atom stereocenters. The van der Waals surface area contributed by atoms with Gasteiger partial charge in [0.25, 0.3) is 5.56 Å². The molecule has 2 aromatic rings. The summed E-state index contributed by atoms with van der Waals surface area (Å²) in [7, 11) is 1.84. The maximum Gasteiger partial charge on any atom is 0.266 e. The van der Waals surface area contributed by atoms with Gasteiger partial charge in [0.15, 0.2) is 0 Å². The van der Waals surface area contributed by atoms with Crippen LogP contribution < -0.4 is 16.4 Å². The van der Waals surface area contributed by atoms with E-state index < -0.39 is 0 Å². The highest BCUT2D eigenvalue weighted by molar-refractivity contribution is 5.76. The number of benzene rings is 1. The molecule has 0 bridgehead atoms. The second-order valence-electron chi connectivity index (χ2n) is 8.31. The molecule has 1 aliphatic heterocycles. The highest BCUT2D eigenvalue weighted by atomic mass is 16.2. The molecule has 0 saturated carbocycles. The van der Waals surface area contributed by atoms with Gasteiger partial charge in [-0.1, -0.05) is 30.3 Å². The summed E-state index contributed by atoms with van der Waals surface area (Å²) in [6.07, 6.45) is 3.83. The van der Waals surface area contributed by atoms with E-state index in [0.717, 1.165) is 30.5 Å². The first-order valence-corrected chi connectivity index (χ1v) is 10.8. The molecular formula is C24H31N5O2. The summed E-state index contributed by atoms with van der Waals surface area (Å²) in [6, 6.07) is 13.1. The fourth-order valence-corrected chi connectivity index (χ4v) is 4.26. The number of hydrogen-bond acceptors (Lipinski definition) is 5. The zero-order chi connectivity index (χ0) is 22.4. The van der Waals surface area contributed by atoms with E-state index in [9.17, 15) is 14.9 Å². The highest BCUT2D eigenvalue weighted by Gasteiger charge is 2.24. The molecule has 0 spiro atoms. The van der Waals surface area contributed by atoms with Crippen LogP contribution in [0.5, 0.6) is 0 Å². The predicted molar refractivity (Wildman–Crippen MR) is 120 cm³/mol. The molecule has 164 valence electrons. The number of hydrogen-bond donors (Lipinski definition) is 3. The van der Waals surface area contributed by atoms with E-state index in [1.54, 1.807) is 11.8 Å². The average Bonchev–Trinajstić information content (AvgIpc) is 3.23. The largest absolute Gasteiger partial charge is 0.346 e.